The number of hydrogen-bond acceptors (Lipinski definition) is 4. The van der Waals surface area contributed by atoms with Gasteiger partial charge in [0.05, 0.1) is 18.7 Å². The lowest BCUT2D eigenvalue weighted by atomic mass is 9.87. The normalized spacial score (nSPS) is 20.4. The van der Waals surface area contributed by atoms with E-state index in [2.05, 4.69) is 15.3 Å². The van der Waals surface area contributed by atoms with E-state index in [0.29, 0.717) is 30.4 Å². The van der Waals surface area contributed by atoms with E-state index in [1.807, 2.05) is 23.2 Å². The summed E-state index contributed by atoms with van der Waals surface area (Å²) in [4.78, 5) is 34.7. The lowest BCUT2D eigenvalue weighted by Crippen LogP contribution is -2.42. The summed E-state index contributed by atoms with van der Waals surface area (Å²) in [6.45, 7) is 1.36. The van der Waals surface area contributed by atoms with Gasteiger partial charge in [-0.3, -0.25) is 9.59 Å². The summed E-state index contributed by atoms with van der Waals surface area (Å²) in [6, 6.07) is 5.55. The van der Waals surface area contributed by atoms with Crippen molar-refractivity contribution in [3.8, 4) is 5.75 Å². The summed E-state index contributed by atoms with van der Waals surface area (Å²) in [5.74, 6) is 1.36. The van der Waals surface area contributed by atoms with Gasteiger partial charge in [0.25, 0.3) is 0 Å². The first-order chi connectivity index (χ1) is 12.7. The molecule has 4 rings (SSSR count). The van der Waals surface area contributed by atoms with E-state index in [9.17, 15) is 9.59 Å². The fourth-order valence-corrected chi connectivity index (χ4v) is 3.94. The second-order valence-electron chi connectivity index (χ2n) is 6.80. The van der Waals surface area contributed by atoms with E-state index >= 15 is 0 Å². The van der Waals surface area contributed by atoms with Crippen LogP contribution in [-0.2, 0) is 9.59 Å². The van der Waals surface area contributed by atoms with Gasteiger partial charge in [-0.15, -0.1) is 0 Å². The number of imidazole rings is 1. The molecule has 2 aliphatic heterocycles. The number of aromatic nitrogens is 2. The molecule has 1 saturated heterocycles. The summed E-state index contributed by atoms with van der Waals surface area (Å²) < 4.78 is 5.34. The summed E-state index contributed by atoms with van der Waals surface area (Å²) >= 11 is 0. The highest BCUT2D eigenvalue weighted by atomic mass is 16.5. The number of methoxy groups -OCH3 is 1. The van der Waals surface area contributed by atoms with Gasteiger partial charge in [0.2, 0.25) is 11.8 Å². The number of nitrogens with zero attached hydrogens (tertiary/aromatic N) is 2. The maximum absolute atomic E-state index is 13.1. The van der Waals surface area contributed by atoms with Crippen LogP contribution >= 0.6 is 0 Å². The Morgan fingerprint density at radius 3 is 2.81 bits per heavy atom. The molecule has 2 N–H and O–H groups in total. The third-order valence-electron chi connectivity index (χ3n) is 5.32. The van der Waals surface area contributed by atoms with Gasteiger partial charge >= 0.3 is 0 Å². The van der Waals surface area contributed by atoms with Gasteiger partial charge in [-0.25, -0.2) is 4.98 Å². The van der Waals surface area contributed by atoms with Crippen LogP contribution in [0.3, 0.4) is 0 Å². The minimum Gasteiger partial charge on any atom is -0.495 e. The largest absolute Gasteiger partial charge is 0.495 e. The molecule has 1 fully saturated rings. The zero-order valence-corrected chi connectivity index (χ0v) is 14.7. The first-order valence-electron chi connectivity index (χ1n) is 8.92. The molecule has 136 valence electrons. The molecule has 1 aromatic heterocycles. The predicted molar refractivity (Wildman–Crippen MR) is 96.1 cm³/mol. The molecular weight excluding hydrogens is 332 g/mol. The Morgan fingerprint density at radius 1 is 1.31 bits per heavy atom. The first kappa shape index (κ1) is 16.6. The lowest BCUT2D eigenvalue weighted by molar-refractivity contribution is -0.136. The number of para-hydroxylation sites is 1. The molecule has 1 atom stereocenters. The second-order valence-corrected chi connectivity index (χ2v) is 6.80. The quantitative estimate of drug-likeness (QED) is 0.885. The maximum Gasteiger partial charge on any atom is 0.230 e. The zero-order chi connectivity index (χ0) is 18.1. The number of amides is 2. The van der Waals surface area contributed by atoms with Crippen LogP contribution in [0, 0.1) is 0 Å². The molecule has 2 amide bonds. The number of anilines is 1. The average Bonchev–Trinajstić information content (AvgIpc) is 3.21. The van der Waals surface area contributed by atoms with Crippen LogP contribution in [0.2, 0.25) is 0 Å². The number of carbonyl (C=O) groups is 2. The van der Waals surface area contributed by atoms with Crippen molar-refractivity contribution in [2.24, 2.45) is 0 Å². The number of hydrogen-bond donors (Lipinski definition) is 2. The van der Waals surface area contributed by atoms with Crippen molar-refractivity contribution in [2.45, 2.75) is 31.1 Å². The molecule has 0 saturated carbocycles. The molecule has 0 radical (unpaired) electrons. The molecule has 1 aromatic carbocycles. The number of nitrogens with one attached hydrogen (secondary N) is 2. The van der Waals surface area contributed by atoms with Crippen molar-refractivity contribution in [3.63, 3.8) is 0 Å². The van der Waals surface area contributed by atoms with Crippen LogP contribution in [0.1, 0.15) is 42.5 Å². The van der Waals surface area contributed by atoms with E-state index in [1.165, 1.54) is 0 Å². The molecule has 0 aliphatic carbocycles. The molecule has 7 heteroatoms. The minimum atomic E-state index is -0.450. The van der Waals surface area contributed by atoms with Gasteiger partial charge in [-0.1, -0.05) is 12.1 Å². The van der Waals surface area contributed by atoms with Gasteiger partial charge in [-0.05, 0) is 24.5 Å². The Kier molecular flexibility index (Phi) is 4.36. The van der Waals surface area contributed by atoms with Crippen LogP contribution in [0.5, 0.6) is 5.75 Å². The molecular formula is C19H22N4O3. The van der Waals surface area contributed by atoms with E-state index in [0.717, 1.165) is 24.2 Å². The number of likely N-dealkylation sites (tertiary alicyclic amines) is 1. The Morgan fingerprint density at radius 2 is 2.12 bits per heavy atom. The van der Waals surface area contributed by atoms with Crippen molar-refractivity contribution < 1.29 is 14.3 Å². The highest BCUT2D eigenvalue weighted by Gasteiger charge is 2.36. The van der Waals surface area contributed by atoms with Crippen LogP contribution in [0.4, 0.5) is 5.69 Å². The number of H-pyrrole nitrogens is 1. The highest BCUT2D eigenvalue weighted by molar-refractivity contribution is 6.02. The summed E-state index contributed by atoms with van der Waals surface area (Å²) in [6.07, 6.45) is 5.53. The van der Waals surface area contributed by atoms with Crippen molar-refractivity contribution in [3.05, 3.63) is 42.0 Å². The lowest BCUT2D eigenvalue weighted by Gasteiger charge is -2.35. The standard InChI is InChI=1S/C19H22N4O3/c1-26-15-4-2-3-13-14(11-16(24)22-17(13)15)19(25)23-9-5-12(6-10-23)18-20-7-8-21-18/h2-4,7-8,12,14H,5-6,9-11H2,1H3,(H,20,21)(H,22,24). The molecule has 1 unspecified atom stereocenters. The van der Waals surface area contributed by atoms with Gasteiger partial charge < -0.3 is 19.9 Å². The second kappa shape index (κ2) is 6.82. The number of carbonyl (C=O) groups excluding carboxylic acids is 2. The summed E-state index contributed by atoms with van der Waals surface area (Å²) in [5, 5.41) is 2.85. The molecule has 26 heavy (non-hydrogen) atoms. The van der Waals surface area contributed by atoms with Crippen molar-refractivity contribution in [1.29, 1.82) is 0 Å². The predicted octanol–water partition coefficient (Wildman–Crippen LogP) is 2.25. The molecule has 7 nitrogen and oxygen atoms in total. The number of piperidine rings is 1. The fraction of sp³-hybridized carbons (Fsp3) is 0.421. The Bertz CT molecular complexity index is 810. The van der Waals surface area contributed by atoms with E-state index < -0.39 is 5.92 Å². The first-order valence-corrected chi connectivity index (χ1v) is 8.92. The maximum atomic E-state index is 13.1. The number of benzene rings is 1. The smallest absolute Gasteiger partial charge is 0.230 e. The Labute approximate surface area is 151 Å². The number of rotatable bonds is 3. The zero-order valence-electron chi connectivity index (χ0n) is 14.7. The highest BCUT2D eigenvalue weighted by Crippen LogP contribution is 2.40. The summed E-state index contributed by atoms with van der Waals surface area (Å²) in [5.41, 5.74) is 1.46. The van der Waals surface area contributed by atoms with Crippen molar-refractivity contribution in [1.82, 2.24) is 14.9 Å². The summed E-state index contributed by atoms with van der Waals surface area (Å²) in [7, 11) is 1.56. The van der Waals surface area contributed by atoms with Crippen molar-refractivity contribution >= 4 is 17.5 Å². The third-order valence-corrected chi connectivity index (χ3v) is 5.32. The van der Waals surface area contributed by atoms with E-state index in [1.54, 1.807) is 19.4 Å². The SMILES string of the molecule is COc1cccc2c1NC(=O)CC2C(=O)N1CCC(c2ncc[nH]2)CC1. The Balaban J connectivity index is 1.52. The van der Waals surface area contributed by atoms with Gasteiger partial charge in [0.1, 0.15) is 11.6 Å². The van der Waals surface area contributed by atoms with Gasteiger partial charge in [0, 0.05) is 37.8 Å². The van der Waals surface area contributed by atoms with Crippen LogP contribution < -0.4 is 10.1 Å². The molecule has 2 aliphatic rings. The van der Waals surface area contributed by atoms with Crippen LogP contribution in [0.15, 0.2) is 30.6 Å². The average molecular weight is 354 g/mol. The van der Waals surface area contributed by atoms with Crippen LogP contribution in [-0.4, -0.2) is 46.9 Å². The topological polar surface area (TPSA) is 87.3 Å². The van der Waals surface area contributed by atoms with Gasteiger partial charge in [-0.2, -0.15) is 0 Å². The van der Waals surface area contributed by atoms with Gasteiger partial charge in [0.15, 0.2) is 0 Å². The van der Waals surface area contributed by atoms with Crippen molar-refractivity contribution in [2.75, 3.05) is 25.5 Å². The van der Waals surface area contributed by atoms with E-state index in [-0.39, 0.29) is 18.2 Å². The van der Waals surface area contributed by atoms with Crippen LogP contribution in [0.25, 0.3) is 0 Å². The van der Waals surface area contributed by atoms with E-state index in [4.69, 9.17) is 4.74 Å². The minimum absolute atomic E-state index is 0.0206. The molecule has 0 spiro atoms. The number of aromatic amines is 1. The number of fused-ring (bicyclic) bond motifs is 1. The Hall–Kier alpha value is -2.83. The molecule has 3 heterocycles. The fourth-order valence-electron chi connectivity index (χ4n) is 3.94. The number of ether oxygens (including phenoxy) is 1. The third kappa shape index (κ3) is 2.94. The molecule has 2 aromatic rings. The molecule has 0 bridgehead atoms. The monoisotopic (exact) mass is 354 g/mol.